The average molecular weight is 726 g/mol. The number of nitrogens with zero attached hydrogens (tertiary/aromatic N) is 3. The Morgan fingerprint density at radius 1 is 0.635 bits per heavy atom. The van der Waals surface area contributed by atoms with E-state index < -0.39 is 25.5 Å². The molecule has 9 heteroatoms. The minimum absolute atomic E-state index is 0.0669. The van der Waals surface area contributed by atoms with Crippen molar-refractivity contribution in [2.45, 2.75) is 30.1 Å². The quantitative estimate of drug-likeness (QED) is 0.170. The lowest BCUT2D eigenvalue weighted by Crippen LogP contribution is -2.49. The van der Waals surface area contributed by atoms with Gasteiger partial charge in [-0.05, 0) is 84.5 Å². The molecule has 0 amide bonds. The van der Waals surface area contributed by atoms with Crippen LogP contribution in [-0.2, 0) is 20.0 Å². The van der Waals surface area contributed by atoms with Crippen molar-refractivity contribution in [3.8, 4) is 6.07 Å². The van der Waals surface area contributed by atoms with Crippen molar-refractivity contribution in [2.75, 3.05) is 26.2 Å². The van der Waals surface area contributed by atoms with Gasteiger partial charge in [-0.1, -0.05) is 120 Å². The van der Waals surface area contributed by atoms with Gasteiger partial charge in [-0.2, -0.15) is 13.9 Å². The van der Waals surface area contributed by atoms with Crippen LogP contribution >= 0.6 is 0 Å². The molecule has 0 bridgehead atoms. The first kappa shape index (κ1) is 35.3. The molecule has 7 nitrogen and oxygen atoms in total. The largest absolute Gasteiger partial charge is 0.243 e. The third kappa shape index (κ3) is 6.91. The molecule has 0 N–H and O–H groups in total. The lowest BCUT2D eigenvalue weighted by atomic mass is 9.71. The summed E-state index contributed by atoms with van der Waals surface area (Å²) in [5.41, 5.74) is 6.65. The summed E-state index contributed by atoms with van der Waals surface area (Å²) < 4.78 is 61.2. The first-order chi connectivity index (χ1) is 25.0. The van der Waals surface area contributed by atoms with E-state index in [2.05, 4.69) is 6.07 Å². The molecule has 0 aromatic heterocycles. The second-order valence-electron chi connectivity index (χ2n) is 13.8. The van der Waals surface area contributed by atoms with E-state index in [-0.39, 0.29) is 36.0 Å². The van der Waals surface area contributed by atoms with Crippen molar-refractivity contribution in [3.63, 3.8) is 0 Å². The monoisotopic (exact) mass is 725 g/mol. The maximum absolute atomic E-state index is 14.6. The summed E-state index contributed by atoms with van der Waals surface area (Å²) in [5, 5.41) is 9.60. The van der Waals surface area contributed by atoms with E-state index in [4.69, 9.17) is 0 Å². The molecule has 5 aromatic carbocycles. The van der Waals surface area contributed by atoms with E-state index in [1.807, 2.05) is 92.7 Å². The summed E-state index contributed by atoms with van der Waals surface area (Å²) in [7, 11) is -7.99. The van der Waals surface area contributed by atoms with Crippen molar-refractivity contribution in [1.82, 2.24) is 8.61 Å². The summed E-state index contributed by atoms with van der Waals surface area (Å²) in [6.07, 6.45) is 2.49. The lowest BCUT2D eigenvalue weighted by molar-refractivity contribution is 0.230. The van der Waals surface area contributed by atoms with Gasteiger partial charge in [-0.15, -0.1) is 0 Å². The molecule has 1 atom stereocenters. The van der Waals surface area contributed by atoms with Gasteiger partial charge < -0.3 is 0 Å². The van der Waals surface area contributed by atoms with Gasteiger partial charge in [0.15, 0.2) is 0 Å². The Morgan fingerprint density at radius 2 is 1.12 bits per heavy atom. The van der Waals surface area contributed by atoms with Crippen LogP contribution in [0.5, 0.6) is 0 Å². The SMILES string of the molecule is Cc1ccc(S(=O)(=O)N2C/C(=C\c3ccccc3)CC3(C2)CN(S(=O)(=O)c2ccc(C)cc2)C/C3=C(/c2ccccc2)c2ccc(C#N)cc2)cc1. The Labute approximate surface area is 306 Å². The lowest BCUT2D eigenvalue weighted by Gasteiger charge is -2.42. The minimum Gasteiger partial charge on any atom is -0.207 e. The van der Waals surface area contributed by atoms with Gasteiger partial charge in [0.2, 0.25) is 20.0 Å². The highest BCUT2D eigenvalue weighted by atomic mass is 32.2. The summed E-state index contributed by atoms with van der Waals surface area (Å²) in [5.74, 6) is 0. The predicted molar refractivity (Wildman–Crippen MR) is 205 cm³/mol. The molecule has 0 saturated carbocycles. The number of aryl methyl sites for hydroxylation is 2. The highest BCUT2D eigenvalue weighted by molar-refractivity contribution is 7.89. The molecule has 52 heavy (non-hydrogen) atoms. The van der Waals surface area contributed by atoms with Gasteiger partial charge in [0, 0.05) is 31.6 Å². The van der Waals surface area contributed by atoms with Gasteiger partial charge >= 0.3 is 0 Å². The fourth-order valence-electron chi connectivity index (χ4n) is 7.42. The van der Waals surface area contributed by atoms with E-state index in [0.717, 1.165) is 44.5 Å². The third-order valence-corrected chi connectivity index (χ3v) is 13.6. The number of piperidine rings is 1. The zero-order valence-corrected chi connectivity index (χ0v) is 30.7. The molecule has 262 valence electrons. The van der Waals surface area contributed by atoms with Crippen LogP contribution in [0.25, 0.3) is 11.6 Å². The Morgan fingerprint density at radius 3 is 1.63 bits per heavy atom. The summed E-state index contributed by atoms with van der Waals surface area (Å²) in [4.78, 5) is 0.381. The van der Waals surface area contributed by atoms with Gasteiger partial charge in [0.05, 0.1) is 21.4 Å². The molecular weight excluding hydrogens is 687 g/mol. The molecule has 2 aliphatic heterocycles. The molecule has 2 heterocycles. The van der Waals surface area contributed by atoms with Crippen LogP contribution in [0.15, 0.2) is 154 Å². The van der Waals surface area contributed by atoms with Crippen molar-refractivity contribution in [2.24, 2.45) is 5.41 Å². The Bertz CT molecular complexity index is 2420. The molecule has 0 radical (unpaired) electrons. The number of sulfonamides is 2. The van der Waals surface area contributed by atoms with Crippen molar-refractivity contribution in [3.05, 3.63) is 178 Å². The van der Waals surface area contributed by atoms with Crippen molar-refractivity contribution < 1.29 is 16.8 Å². The Balaban J connectivity index is 1.48. The van der Waals surface area contributed by atoms with E-state index >= 15 is 0 Å². The van der Waals surface area contributed by atoms with E-state index in [0.29, 0.717) is 12.0 Å². The Hall–Kier alpha value is -5.11. The maximum Gasteiger partial charge on any atom is 0.243 e. The molecule has 1 unspecified atom stereocenters. The van der Waals surface area contributed by atoms with Gasteiger partial charge in [0.25, 0.3) is 0 Å². The van der Waals surface area contributed by atoms with Crippen LogP contribution in [-0.4, -0.2) is 51.6 Å². The summed E-state index contributed by atoms with van der Waals surface area (Å²) in [6.45, 7) is 4.23. The van der Waals surface area contributed by atoms with E-state index in [1.54, 1.807) is 60.7 Å². The smallest absolute Gasteiger partial charge is 0.207 e. The fraction of sp³-hybridized carbons (Fsp3) is 0.186. The standard InChI is InChI=1S/C43H39N3O4S2/c1-32-13-21-39(22-14-32)51(47,48)45-28-36(25-34-9-5-3-6-10-34)26-43(30-45)31-46(52(49,50)40-23-15-33(2)16-24-40)29-41(43)42(37-11-7-4-8-12-37)38-19-17-35(27-44)18-20-38/h3-25H,26,28-31H2,1-2H3/b36-25-,42-41+. The average Bonchev–Trinajstić information content (AvgIpc) is 3.51. The molecule has 2 fully saturated rings. The third-order valence-electron chi connectivity index (χ3n) is 10.0. The number of rotatable bonds is 7. The topological polar surface area (TPSA) is 98.6 Å². The van der Waals surface area contributed by atoms with Crippen LogP contribution in [0.2, 0.25) is 0 Å². The van der Waals surface area contributed by atoms with Crippen LogP contribution in [0, 0.1) is 30.6 Å². The summed E-state index contributed by atoms with van der Waals surface area (Å²) in [6, 6.07) is 42.8. The molecule has 0 aliphatic carbocycles. The van der Waals surface area contributed by atoms with Crippen molar-refractivity contribution in [1.29, 1.82) is 5.26 Å². The fourth-order valence-corrected chi connectivity index (χ4v) is 10.4. The molecule has 2 saturated heterocycles. The van der Waals surface area contributed by atoms with Gasteiger partial charge in [-0.3, -0.25) is 0 Å². The maximum atomic E-state index is 14.6. The van der Waals surface area contributed by atoms with Gasteiger partial charge in [0.1, 0.15) is 0 Å². The molecule has 1 spiro atoms. The molecule has 7 rings (SSSR count). The zero-order chi connectivity index (χ0) is 36.5. The van der Waals surface area contributed by atoms with Crippen molar-refractivity contribution >= 4 is 31.7 Å². The highest BCUT2D eigenvalue weighted by Crippen LogP contribution is 2.51. The highest BCUT2D eigenvalue weighted by Gasteiger charge is 2.52. The van der Waals surface area contributed by atoms with Crippen LogP contribution < -0.4 is 0 Å². The Kier molecular flexibility index (Phi) is 9.59. The first-order valence-corrected chi connectivity index (χ1v) is 20.0. The second-order valence-corrected chi connectivity index (χ2v) is 17.6. The predicted octanol–water partition coefficient (Wildman–Crippen LogP) is 7.85. The number of benzene rings is 5. The second kappa shape index (κ2) is 14.1. The number of hydrogen-bond donors (Lipinski definition) is 0. The van der Waals surface area contributed by atoms with E-state index in [1.165, 1.54) is 8.61 Å². The molecular formula is C43H39N3O4S2. The zero-order valence-electron chi connectivity index (χ0n) is 29.1. The molecule has 2 aliphatic rings. The first-order valence-electron chi connectivity index (χ1n) is 17.2. The molecule has 5 aromatic rings. The van der Waals surface area contributed by atoms with E-state index in [9.17, 15) is 22.1 Å². The summed E-state index contributed by atoms with van der Waals surface area (Å²) >= 11 is 0. The van der Waals surface area contributed by atoms with Crippen LogP contribution in [0.1, 0.15) is 39.8 Å². The number of nitriles is 1. The number of hydrogen-bond acceptors (Lipinski definition) is 5. The van der Waals surface area contributed by atoms with Crippen LogP contribution in [0.3, 0.4) is 0 Å². The van der Waals surface area contributed by atoms with Gasteiger partial charge in [-0.25, -0.2) is 16.8 Å². The van der Waals surface area contributed by atoms with Crippen LogP contribution in [0.4, 0.5) is 0 Å². The minimum atomic E-state index is -4.00. The normalized spacial score (nSPS) is 20.2.